The van der Waals surface area contributed by atoms with Crippen LogP contribution in [0.15, 0.2) is 12.2 Å². The Kier molecular flexibility index (Phi) is 6.37. The van der Waals surface area contributed by atoms with Gasteiger partial charge in [0.05, 0.1) is 12.4 Å². The first kappa shape index (κ1) is 16.0. The highest BCUT2D eigenvalue weighted by atomic mass is 32.2. The van der Waals surface area contributed by atoms with Crippen molar-refractivity contribution in [2.24, 2.45) is 0 Å². The highest BCUT2D eigenvalue weighted by Crippen LogP contribution is 2.23. The average molecular weight is 288 g/mol. The number of hydrogen-bond donors (Lipinski definition) is 0. The fraction of sp³-hybridized carbons (Fsp3) is 0.692. The van der Waals surface area contributed by atoms with Crippen LogP contribution in [0.2, 0.25) is 0 Å². The molecule has 0 bridgehead atoms. The molecule has 0 aromatic rings. The van der Waals surface area contributed by atoms with Crippen molar-refractivity contribution in [3.05, 3.63) is 12.2 Å². The van der Waals surface area contributed by atoms with Crippen LogP contribution in [0, 0.1) is 0 Å². The van der Waals surface area contributed by atoms with Gasteiger partial charge in [0.15, 0.2) is 6.61 Å². The van der Waals surface area contributed by atoms with E-state index in [4.69, 9.17) is 14.2 Å². The van der Waals surface area contributed by atoms with Crippen molar-refractivity contribution in [2.75, 3.05) is 24.7 Å². The molecule has 0 aromatic carbocycles. The SMILES string of the molecule is C=C(C)C(=O)OCC(=O)OC1(C)CSCCCCO1. The monoisotopic (exact) mass is 288 g/mol. The molecule has 0 aromatic heterocycles. The van der Waals surface area contributed by atoms with Crippen molar-refractivity contribution >= 4 is 23.7 Å². The Bertz CT molecular complexity index is 345. The molecule has 1 rings (SSSR count). The van der Waals surface area contributed by atoms with Gasteiger partial charge in [0.2, 0.25) is 5.79 Å². The molecule has 1 aliphatic heterocycles. The molecule has 0 N–H and O–H groups in total. The molecule has 1 atom stereocenters. The number of ether oxygens (including phenoxy) is 3. The van der Waals surface area contributed by atoms with Crippen LogP contribution in [0.5, 0.6) is 0 Å². The summed E-state index contributed by atoms with van der Waals surface area (Å²) in [5.41, 5.74) is 0.247. The van der Waals surface area contributed by atoms with Crippen molar-refractivity contribution in [3.8, 4) is 0 Å². The van der Waals surface area contributed by atoms with Gasteiger partial charge in [-0.05, 0) is 25.5 Å². The smallest absolute Gasteiger partial charge is 0.346 e. The lowest BCUT2D eigenvalue weighted by Gasteiger charge is -2.30. The van der Waals surface area contributed by atoms with Gasteiger partial charge in [-0.1, -0.05) is 6.58 Å². The van der Waals surface area contributed by atoms with E-state index in [1.54, 1.807) is 18.7 Å². The maximum absolute atomic E-state index is 11.6. The zero-order valence-electron chi connectivity index (χ0n) is 11.4. The molecule has 0 saturated carbocycles. The van der Waals surface area contributed by atoms with E-state index in [2.05, 4.69) is 6.58 Å². The third-order valence-electron chi connectivity index (χ3n) is 2.45. The van der Waals surface area contributed by atoms with Crippen LogP contribution in [0.4, 0.5) is 0 Å². The van der Waals surface area contributed by atoms with Crippen LogP contribution in [0.3, 0.4) is 0 Å². The number of carbonyl (C=O) groups is 2. The molecule has 1 heterocycles. The summed E-state index contributed by atoms with van der Waals surface area (Å²) in [6.45, 7) is 6.82. The minimum atomic E-state index is -0.947. The minimum Gasteiger partial charge on any atom is -0.450 e. The van der Waals surface area contributed by atoms with Crippen molar-refractivity contribution in [1.29, 1.82) is 0 Å². The summed E-state index contributed by atoms with van der Waals surface area (Å²) >= 11 is 1.68. The van der Waals surface area contributed by atoms with E-state index in [9.17, 15) is 9.59 Å². The fourth-order valence-electron chi connectivity index (χ4n) is 1.47. The van der Waals surface area contributed by atoms with Crippen LogP contribution in [-0.4, -0.2) is 42.4 Å². The van der Waals surface area contributed by atoms with Crippen LogP contribution < -0.4 is 0 Å². The standard InChI is InChI=1S/C13H20O5S/c1-10(2)12(15)16-8-11(14)18-13(3)9-19-7-5-4-6-17-13/h1,4-9H2,2-3H3. The molecule has 0 aliphatic carbocycles. The fourth-order valence-corrected chi connectivity index (χ4v) is 2.54. The first-order valence-electron chi connectivity index (χ1n) is 6.19. The highest BCUT2D eigenvalue weighted by Gasteiger charge is 2.31. The molecule has 1 saturated heterocycles. The predicted octanol–water partition coefficient (Wildman–Crippen LogP) is 1.91. The van der Waals surface area contributed by atoms with Crippen LogP contribution in [0.1, 0.15) is 26.7 Å². The van der Waals surface area contributed by atoms with Crippen LogP contribution >= 0.6 is 11.8 Å². The normalized spacial score (nSPS) is 23.9. The second-order valence-electron chi connectivity index (χ2n) is 4.57. The van der Waals surface area contributed by atoms with Gasteiger partial charge in [-0.3, -0.25) is 0 Å². The van der Waals surface area contributed by atoms with E-state index in [1.165, 1.54) is 6.92 Å². The lowest BCUT2D eigenvalue weighted by atomic mass is 10.3. The maximum atomic E-state index is 11.6. The Morgan fingerprint density at radius 1 is 1.42 bits per heavy atom. The van der Waals surface area contributed by atoms with Gasteiger partial charge in [0, 0.05) is 12.5 Å². The average Bonchev–Trinajstić information content (AvgIpc) is 2.31. The van der Waals surface area contributed by atoms with Crippen molar-refractivity contribution in [3.63, 3.8) is 0 Å². The molecule has 19 heavy (non-hydrogen) atoms. The summed E-state index contributed by atoms with van der Waals surface area (Å²) in [5.74, 6) is -0.556. The Balaban J connectivity index is 2.40. The molecule has 108 valence electrons. The Labute approximate surface area is 117 Å². The molecule has 0 amide bonds. The number of thioether (sulfide) groups is 1. The summed E-state index contributed by atoms with van der Waals surface area (Å²) in [6.07, 6.45) is 2.05. The second-order valence-corrected chi connectivity index (χ2v) is 5.68. The molecule has 1 unspecified atom stereocenters. The van der Waals surface area contributed by atoms with E-state index in [0.29, 0.717) is 12.4 Å². The first-order chi connectivity index (χ1) is 8.93. The molecular weight excluding hydrogens is 268 g/mol. The lowest BCUT2D eigenvalue weighted by Crippen LogP contribution is -2.40. The largest absolute Gasteiger partial charge is 0.450 e. The first-order valence-corrected chi connectivity index (χ1v) is 7.34. The number of esters is 2. The van der Waals surface area contributed by atoms with Gasteiger partial charge >= 0.3 is 11.9 Å². The van der Waals surface area contributed by atoms with E-state index >= 15 is 0 Å². The summed E-state index contributed by atoms with van der Waals surface area (Å²) in [4.78, 5) is 22.8. The molecule has 1 fully saturated rings. The molecule has 0 spiro atoms. The van der Waals surface area contributed by atoms with Crippen LogP contribution in [-0.2, 0) is 23.8 Å². The Morgan fingerprint density at radius 2 is 2.16 bits per heavy atom. The molecule has 1 aliphatic rings. The summed E-state index contributed by atoms with van der Waals surface area (Å²) < 4.78 is 15.6. The summed E-state index contributed by atoms with van der Waals surface area (Å²) in [6, 6.07) is 0. The third kappa shape index (κ3) is 6.11. The topological polar surface area (TPSA) is 61.8 Å². The van der Waals surface area contributed by atoms with Gasteiger partial charge in [0.1, 0.15) is 0 Å². The zero-order chi connectivity index (χ0) is 14.3. The van der Waals surface area contributed by atoms with Gasteiger partial charge in [-0.15, -0.1) is 0 Å². The van der Waals surface area contributed by atoms with E-state index in [0.717, 1.165) is 18.6 Å². The third-order valence-corrected chi connectivity index (χ3v) is 3.76. The Morgan fingerprint density at radius 3 is 2.84 bits per heavy atom. The Hall–Kier alpha value is -1.01. The van der Waals surface area contributed by atoms with E-state index in [-0.39, 0.29) is 5.57 Å². The van der Waals surface area contributed by atoms with Crippen molar-refractivity contribution in [1.82, 2.24) is 0 Å². The van der Waals surface area contributed by atoms with Gasteiger partial charge < -0.3 is 14.2 Å². The lowest BCUT2D eigenvalue weighted by molar-refractivity contribution is -0.217. The van der Waals surface area contributed by atoms with E-state index < -0.39 is 24.3 Å². The maximum Gasteiger partial charge on any atom is 0.346 e. The number of carbonyl (C=O) groups excluding carboxylic acids is 2. The van der Waals surface area contributed by atoms with Crippen molar-refractivity contribution in [2.45, 2.75) is 32.5 Å². The zero-order valence-corrected chi connectivity index (χ0v) is 12.2. The highest BCUT2D eigenvalue weighted by molar-refractivity contribution is 7.99. The molecule has 0 radical (unpaired) electrons. The number of hydrogen-bond acceptors (Lipinski definition) is 6. The summed E-state index contributed by atoms with van der Waals surface area (Å²) in [7, 11) is 0. The minimum absolute atomic E-state index is 0.247. The second kappa shape index (κ2) is 7.55. The van der Waals surface area contributed by atoms with Crippen LogP contribution in [0.25, 0.3) is 0 Å². The number of rotatable bonds is 4. The molecule has 6 heteroatoms. The van der Waals surface area contributed by atoms with Crippen molar-refractivity contribution < 1.29 is 23.8 Å². The van der Waals surface area contributed by atoms with Gasteiger partial charge in [-0.2, -0.15) is 11.8 Å². The summed E-state index contributed by atoms with van der Waals surface area (Å²) in [5, 5.41) is 0. The molecule has 5 nitrogen and oxygen atoms in total. The van der Waals surface area contributed by atoms with Gasteiger partial charge in [0.25, 0.3) is 0 Å². The molecular formula is C13H20O5S. The predicted molar refractivity (Wildman–Crippen MR) is 72.8 cm³/mol. The van der Waals surface area contributed by atoms with Gasteiger partial charge in [-0.25, -0.2) is 9.59 Å². The van der Waals surface area contributed by atoms with E-state index in [1.807, 2.05) is 0 Å². The quantitative estimate of drug-likeness (QED) is 0.581.